The van der Waals surface area contributed by atoms with Crippen molar-refractivity contribution in [3.8, 4) is 11.5 Å². The van der Waals surface area contributed by atoms with E-state index in [1.165, 1.54) is 49.6 Å². The Kier molecular flexibility index (Phi) is 5.89. The van der Waals surface area contributed by atoms with Crippen molar-refractivity contribution in [2.75, 3.05) is 12.4 Å². The normalized spacial score (nSPS) is 10.4. The van der Waals surface area contributed by atoms with Gasteiger partial charge in [0.2, 0.25) is 0 Å². The van der Waals surface area contributed by atoms with Gasteiger partial charge in [-0.2, -0.15) is 8.78 Å². The van der Waals surface area contributed by atoms with Crippen LogP contribution in [0.2, 0.25) is 0 Å². The first-order chi connectivity index (χ1) is 11.5. The van der Waals surface area contributed by atoms with Crippen molar-refractivity contribution in [1.29, 1.82) is 0 Å². The Morgan fingerprint density at radius 3 is 2.50 bits per heavy atom. The zero-order valence-electron chi connectivity index (χ0n) is 12.7. The van der Waals surface area contributed by atoms with Gasteiger partial charge in [0.1, 0.15) is 17.3 Å². The highest BCUT2D eigenvalue weighted by Gasteiger charge is 2.13. The van der Waals surface area contributed by atoms with Crippen molar-refractivity contribution in [2.24, 2.45) is 0 Å². The van der Waals surface area contributed by atoms with Gasteiger partial charge in [-0.15, -0.1) is 0 Å². The number of carbonyl (C=O) groups excluding carboxylic acids is 1. The fourth-order valence-electron chi connectivity index (χ4n) is 1.88. The lowest BCUT2D eigenvalue weighted by atomic mass is 10.2. The Morgan fingerprint density at radius 1 is 1.17 bits per heavy atom. The van der Waals surface area contributed by atoms with E-state index in [-0.39, 0.29) is 23.8 Å². The third-order valence-electron chi connectivity index (χ3n) is 3.02. The maximum atomic E-state index is 12.8. The third kappa shape index (κ3) is 5.08. The first kappa shape index (κ1) is 17.5. The molecule has 0 aliphatic carbocycles. The number of hydrogen-bond donors (Lipinski definition) is 2. The van der Waals surface area contributed by atoms with E-state index in [2.05, 4.69) is 15.4 Å². The molecule has 2 aromatic carbocycles. The van der Waals surface area contributed by atoms with E-state index in [1.807, 2.05) is 0 Å². The number of amides is 2. The maximum absolute atomic E-state index is 12.8. The SMILES string of the molecule is COc1ccc(OC(F)F)c(NC(=O)NCc2ccc(F)cc2)c1. The molecule has 2 rings (SSSR count). The second-order valence-electron chi connectivity index (χ2n) is 4.67. The molecule has 0 aliphatic rings. The first-order valence-electron chi connectivity index (χ1n) is 6.90. The molecule has 0 heterocycles. The lowest BCUT2D eigenvalue weighted by Crippen LogP contribution is -2.28. The standard InChI is InChI=1S/C16H15F3N2O3/c1-23-12-6-7-14(24-15(18)19)13(8-12)21-16(22)20-9-10-2-4-11(17)5-3-10/h2-8,15H,9H2,1H3,(H2,20,21,22). The van der Waals surface area contributed by atoms with Gasteiger partial charge in [0.05, 0.1) is 12.8 Å². The Hall–Kier alpha value is -2.90. The van der Waals surface area contributed by atoms with Crippen LogP contribution >= 0.6 is 0 Å². The predicted octanol–water partition coefficient (Wildman–Crippen LogP) is 3.76. The summed E-state index contributed by atoms with van der Waals surface area (Å²) in [4.78, 5) is 11.9. The van der Waals surface area contributed by atoms with Crippen molar-refractivity contribution >= 4 is 11.7 Å². The Labute approximate surface area is 136 Å². The molecule has 0 unspecified atom stereocenters. The molecule has 0 aliphatic heterocycles. The molecular formula is C16H15F3N2O3. The number of halogens is 3. The van der Waals surface area contributed by atoms with Crippen LogP contribution in [0.3, 0.4) is 0 Å². The average Bonchev–Trinajstić information content (AvgIpc) is 2.55. The lowest BCUT2D eigenvalue weighted by Gasteiger charge is -2.14. The van der Waals surface area contributed by atoms with Crippen molar-refractivity contribution in [3.05, 3.63) is 53.8 Å². The van der Waals surface area contributed by atoms with Crippen LogP contribution in [0.4, 0.5) is 23.7 Å². The van der Waals surface area contributed by atoms with E-state index in [4.69, 9.17) is 4.74 Å². The molecule has 2 amide bonds. The second-order valence-corrected chi connectivity index (χ2v) is 4.67. The number of hydrogen-bond acceptors (Lipinski definition) is 3. The summed E-state index contributed by atoms with van der Waals surface area (Å²) in [7, 11) is 1.40. The number of methoxy groups -OCH3 is 1. The summed E-state index contributed by atoms with van der Waals surface area (Å²) in [6.07, 6.45) is 0. The van der Waals surface area contributed by atoms with Gasteiger partial charge in [-0.25, -0.2) is 9.18 Å². The van der Waals surface area contributed by atoms with Crippen LogP contribution in [0.15, 0.2) is 42.5 Å². The second kappa shape index (κ2) is 8.09. The molecule has 8 heteroatoms. The molecule has 2 aromatic rings. The number of nitrogens with one attached hydrogen (secondary N) is 2. The van der Waals surface area contributed by atoms with Crippen molar-refractivity contribution in [1.82, 2.24) is 5.32 Å². The van der Waals surface area contributed by atoms with E-state index in [9.17, 15) is 18.0 Å². The number of carbonyl (C=O) groups is 1. The van der Waals surface area contributed by atoms with Crippen molar-refractivity contribution < 1.29 is 27.4 Å². The highest BCUT2D eigenvalue weighted by atomic mass is 19.3. The van der Waals surface area contributed by atoms with Crippen LogP contribution in [0.5, 0.6) is 11.5 Å². The number of alkyl halides is 2. The number of rotatable bonds is 6. The van der Waals surface area contributed by atoms with Gasteiger partial charge < -0.3 is 20.1 Å². The topological polar surface area (TPSA) is 59.6 Å². The van der Waals surface area contributed by atoms with Crippen LogP contribution in [-0.4, -0.2) is 19.8 Å². The minimum atomic E-state index is -3.03. The zero-order valence-corrected chi connectivity index (χ0v) is 12.7. The van der Waals surface area contributed by atoms with Gasteiger partial charge in [-0.3, -0.25) is 0 Å². The van der Waals surface area contributed by atoms with Gasteiger partial charge in [-0.05, 0) is 29.8 Å². The molecule has 0 fully saturated rings. The summed E-state index contributed by atoms with van der Waals surface area (Å²) in [6, 6.07) is 9.00. The smallest absolute Gasteiger partial charge is 0.387 e. The molecule has 0 saturated heterocycles. The van der Waals surface area contributed by atoms with Crippen LogP contribution < -0.4 is 20.1 Å². The number of anilines is 1. The molecule has 0 aromatic heterocycles. The summed E-state index contributed by atoms with van der Waals surface area (Å²) in [5.41, 5.74) is 0.715. The number of ether oxygens (including phenoxy) is 2. The molecule has 0 saturated carbocycles. The molecule has 0 spiro atoms. The largest absolute Gasteiger partial charge is 0.497 e. The van der Waals surface area contributed by atoms with Crippen molar-refractivity contribution in [3.63, 3.8) is 0 Å². The quantitative estimate of drug-likeness (QED) is 0.842. The minimum absolute atomic E-state index is 0.0336. The highest BCUT2D eigenvalue weighted by molar-refractivity contribution is 5.91. The van der Waals surface area contributed by atoms with Gasteiger partial charge in [0.15, 0.2) is 0 Å². The van der Waals surface area contributed by atoms with Crippen LogP contribution in [0.25, 0.3) is 0 Å². The van der Waals surface area contributed by atoms with Crippen LogP contribution in [0.1, 0.15) is 5.56 Å². The predicted molar refractivity (Wildman–Crippen MR) is 81.9 cm³/mol. The van der Waals surface area contributed by atoms with E-state index >= 15 is 0 Å². The minimum Gasteiger partial charge on any atom is -0.497 e. The maximum Gasteiger partial charge on any atom is 0.387 e. The Morgan fingerprint density at radius 2 is 1.88 bits per heavy atom. The van der Waals surface area contributed by atoms with Gasteiger partial charge in [-0.1, -0.05) is 12.1 Å². The van der Waals surface area contributed by atoms with Crippen molar-refractivity contribution in [2.45, 2.75) is 13.2 Å². The number of benzene rings is 2. The summed E-state index contributed by atoms with van der Waals surface area (Å²) in [6.45, 7) is -2.89. The Balaban J connectivity index is 2.02. The summed E-state index contributed by atoms with van der Waals surface area (Å²) < 4.78 is 47.0. The molecule has 0 radical (unpaired) electrons. The van der Waals surface area contributed by atoms with E-state index in [0.717, 1.165) is 0 Å². The fourth-order valence-corrected chi connectivity index (χ4v) is 1.88. The number of urea groups is 1. The lowest BCUT2D eigenvalue weighted by molar-refractivity contribution is -0.0493. The molecule has 0 bridgehead atoms. The van der Waals surface area contributed by atoms with Crippen LogP contribution in [0, 0.1) is 5.82 Å². The average molecular weight is 340 g/mol. The molecule has 128 valence electrons. The fraction of sp³-hybridized carbons (Fsp3) is 0.188. The molecular weight excluding hydrogens is 325 g/mol. The molecule has 24 heavy (non-hydrogen) atoms. The molecule has 2 N–H and O–H groups in total. The highest BCUT2D eigenvalue weighted by Crippen LogP contribution is 2.30. The summed E-state index contributed by atoms with van der Waals surface area (Å²) in [5, 5.41) is 4.94. The van der Waals surface area contributed by atoms with Gasteiger partial charge in [0, 0.05) is 12.6 Å². The summed E-state index contributed by atoms with van der Waals surface area (Å²) in [5.74, 6) is -0.207. The van der Waals surface area contributed by atoms with E-state index < -0.39 is 12.6 Å². The monoisotopic (exact) mass is 340 g/mol. The summed E-state index contributed by atoms with van der Waals surface area (Å²) >= 11 is 0. The van der Waals surface area contributed by atoms with Gasteiger partial charge >= 0.3 is 12.6 Å². The van der Waals surface area contributed by atoms with E-state index in [1.54, 1.807) is 0 Å². The Bertz CT molecular complexity index is 693. The molecule has 0 atom stereocenters. The van der Waals surface area contributed by atoms with Gasteiger partial charge in [0.25, 0.3) is 0 Å². The van der Waals surface area contributed by atoms with Crippen LogP contribution in [-0.2, 0) is 6.54 Å². The third-order valence-corrected chi connectivity index (χ3v) is 3.02. The zero-order chi connectivity index (χ0) is 17.5. The molecule has 5 nitrogen and oxygen atoms in total. The first-order valence-corrected chi connectivity index (χ1v) is 6.90. The van der Waals surface area contributed by atoms with E-state index in [0.29, 0.717) is 11.3 Å².